The maximum Gasteiger partial charge on any atom is 0.387 e. The molecule has 1 aromatic carbocycles. The molecule has 1 heterocycles. The number of hydrogen-bond donors (Lipinski definition) is 1. The monoisotopic (exact) mass is 529 g/mol. The van der Waals surface area contributed by atoms with Crippen molar-refractivity contribution < 1.29 is 18.3 Å². The number of aliphatic imine (C=N–C) groups is 1. The first-order valence-electron chi connectivity index (χ1n) is 9.15. The van der Waals surface area contributed by atoms with Crippen molar-refractivity contribution in [2.45, 2.75) is 37.7 Å². The standard InChI is InChI=1S/C19H29F2N3O2S.HI/c1-4-27-19(9-11-25-12-10-19)14-23-18(22-2)24(3)13-15-5-7-16(8-6-15)26-17(20)21;/h5-8,17H,4,9-14H2,1-3H3,(H,22,23);1H. The van der Waals surface area contributed by atoms with Gasteiger partial charge in [0.05, 0.1) is 0 Å². The molecule has 0 spiro atoms. The average Bonchev–Trinajstić information content (AvgIpc) is 2.64. The van der Waals surface area contributed by atoms with Crippen molar-refractivity contribution in [3.8, 4) is 5.75 Å². The molecule has 1 N–H and O–H groups in total. The van der Waals surface area contributed by atoms with E-state index in [2.05, 4.69) is 22.0 Å². The molecule has 160 valence electrons. The van der Waals surface area contributed by atoms with Gasteiger partial charge in [0.25, 0.3) is 0 Å². The van der Waals surface area contributed by atoms with Crippen LogP contribution in [-0.4, -0.2) is 61.8 Å². The third kappa shape index (κ3) is 7.90. The van der Waals surface area contributed by atoms with Crippen LogP contribution >= 0.6 is 35.7 Å². The van der Waals surface area contributed by atoms with Crippen molar-refractivity contribution in [2.75, 3.05) is 39.6 Å². The van der Waals surface area contributed by atoms with Crippen LogP contribution in [0.4, 0.5) is 8.78 Å². The molecule has 1 aliphatic rings. The second kappa shape index (κ2) is 12.7. The zero-order valence-electron chi connectivity index (χ0n) is 16.6. The summed E-state index contributed by atoms with van der Waals surface area (Å²) in [6.07, 6.45) is 2.07. The fourth-order valence-electron chi connectivity index (χ4n) is 3.17. The maximum absolute atomic E-state index is 12.2. The van der Waals surface area contributed by atoms with E-state index >= 15 is 0 Å². The van der Waals surface area contributed by atoms with Crippen molar-refractivity contribution >= 4 is 41.7 Å². The minimum absolute atomic E-state index is 0. The Morgan fingerprint density at radius 2 is 1.96 bits per heavy atom. The van der Waals surface area contributed by atoms with Gasteiger partial charge in [-0.25, -0.2) is 0 Å². The smallest absolute Gasteiger partial charge is 0.387 e. The van der Waals surface area contributed by atoms with Crippen LogP contribution in [0.1, 0.15) is 25.3 Å². The number of hydrogen-bond acceptors (Lipinski definition) is 4. The first-order valence-corrected chi connectivity index (χ1v) is 10.1. The molecule has 1 aliphatic heterocycles. The predicted octanol–water partition coefficient (Wildman–Crippen LogP) is 4.22. The summed E-state index contributed by atoms with van der Waals surface area (Å²) in [7, 11) is 3.73. The highest BCUT2D eigenvalue weighted by molar-refractivity contribution is 14.0. The molecule has 0 amide bonds. The van der Waals surface area contributed by atoms with E-state index in [1.807, 2.05) is 23.7 Å². The number of rotatable bonds is 8. The number of halogens is 3. The SMILES string of the molecule is CCSC1(CNC(=NC)N(C)Cc2ccc(OC(F)F)cc2)CCOCC1.I. The molecule has 1 saturated heterocycles. The summed E-state index contributed by atoms with van der Waals surface area (Å²) in [5, 5.41) is 3.50. The molecule has 0 saturated carbocycles. The Bertz CT molecular complexity index is 594. The second-order valence-electron chi connectivity index (χ2n) is 6.51. The van der Waals surface area contributed by atoms with Crippen molar-refractivity contribution in [1.29, 1.82) is 0 Å². The molecule has 1 fully saturated rings. The molecule has 0 bridgehead atoms. The Morgan fingerprint density at radius 1 is 1.32 bits per heavy atom. The lowest BCUT2D eigenvalue weighted by Crippen LogP contribution is -2.48. The van der Waals surface area contributed by atoms with Gasteiger partial charge in [0, 0.05) is 45.1 Å². The Morgan fingerprint density at radius 3 is 2.50 bits per heavy atom. The molecular formula is C19H30F2IN3O2S. The van der Waals surface area contributed by atoms with Crippen LogP contribution in [0.25, 0.3) is 0 Å². The van der Waals surface area contributed by atoms with Crippen molar-refractivity contribution in [3.63, 3.8) is 0 Å². The Balaban J connectivity index is 0.00000392. The summed E-state index contributed by atoms with van der Waals surface area (Å²) < 4.78 is 34.6. The highest BCUT2D eigenvalue weighted by atomic mass is 127. The van der Waals surface area contributed by atoms with E-state index in [-0.39, 0.29) is 34.5 Å². The fourth-order valence-corrected chi connectivity index (χ4v) is 4.41. The van der Waals surface area contributed by atoms with Gasteiger partial charge in [-0.3, -0.25) is 4.99 Å². The zero-order valence-corrected chi connectivity index (χ0v) is 19.8. The summed E-state index contributed by atoms with van der Waals surface area (Å²) in [5.74, 6) is 2.05. The lowest BCUT2D eigenvalue weighted by molar-refractivity contribution is -0.0498. The molecule has 5 nitrogen and oxygen atoms in total. The second-order valence-corrected chi connectivity index (χ2v) is 8.24. The van der Waals surface area contributed by atoms with Crippen LogP contribution in [-0.2, 0) is 11.3 Å². The van der Waals surface area contributed by atoms with E-state index in [1.54, 1.807) is 31.3 Å². The third-order valence-electron chi connectivity index (χ3n) is 4.56. The largest absolute Gasteiger partial charge is 0.435 e. The van der Waals surface area contributed by atoms with Crippen LogP contribution in [0, 0.1) is 0 Å². The quantitative estimate of drug-likeness (QED) is 0.311. The molecule has 1 aromatic rings. The molecule has 2 rings (SSSR count). The Kier molecular flexibility index (Phi) is 11.4. The minimum Gasteiger partial charge on any atom is -0.435 e. The lowest BCUT2D eigenvalue weighted by atomic mass is 9.99. The third-order valence-corrected chi connectivity index (χ3v) is 6.02. The van der Waals surface area contributed by atoms with Gasteiger partial charge >= 0.3 is 6.61 Å². The van der Waals surface area contributed by atoms with Gasteiger partial charge in [-0.15, -0.1) is 24.0 Å². The lowest BCUT2D eigenvalue weighted by Gasteiger charge is -2.37. The molecule has 0 atom stereocenters. The molecule has 0 unspecified atom stereocenters. The van der Waals surface area contributed by atoms with Gasteiger partial charge in [-0.2, -0.15) is 20.5 Å². The van der Waals surface area contributed by atoms with Gasteiger partial charge in [-0.1, -0.05) is 19.1 Å². The first-order chi connectivity index (χ1) is 13.0. The van der Waals surface area contributed by atoms with E-state index in [9.17, 15) is 8.78 Å². The van der Waals surface area contributed by atoms with Crippen molar-refractivity contribution in [2.24, 2.45) is 4.99 Å². The van der Waals surface area contributed by atoms with E-state index < -0.39 is 6.61 Å². The molecule has 0 aromatic heterocycles. The fraction of sp³-hybridized carbons (Fsp3) is 0.632. The number of guanidine groups is 1. The van der Waals surface area contributed by atoms with E-state index in [4.69, 9.17) is 4.74 Å². The molecule has 28 heavy (non-hydrogen) atoms. The molecule has 0 aliphatic carbocycles. The van der Waals surface area contributed by atoms with Crippen LogP contribution in [0.3, 0.4) is 0 Å². The van der Waals surface area contributed by atoms with Gasteiger partial charge in [-0.05, 0) is 36.3 Å². The summed E-state index contributed by atoms with van der Waals surface area (Å²) in [4.78, 5) is 6.40. The number of benzene rings is 1. The number of nitrogens with one attached hydrogen (secondary N) is 1. The zero-order chi connectivity index (χ0) is 19.7. The van der Waals surface area contributed by atoms with Gasteiger partial charge < -0.3 is 19.7 Å². The van der Waals surface area contributed by atoms with Crippen LogP contribution < -0.4 is 10.1 Å². The topological polar surface area (TPSA) is 46.1 Å². The predicted molar refractivity (Wildman–Crippen MR) is 122 cm³/mol. The van der Waals surface area contributed by atoms with Gasteiger partial charge in [0.1, 0.15) is 5.75 Å². The number of thioether (sulfide) groups is 1. The Hall–Kier alpha value is -0.810. The molecule has 9 heteroatoms. The highest BCUT2D eigenvalue weighted by Gasteiger charge is 2.33. The summed E-state index contributed by atoms with van der Waals surface area (Å²) in [6.45, 7) is 2.44. The normalized spacial score (nSPS) is 16.4. The maximum atomic E-state index is 12.2. The van der Waals surface area contributed by atoms with Crippen LogP contribution in [0.5, 0.6) is 5.75 Å². The van der Waals surface area contributed by atoms with E-state index in [1.165, 1.54) is 0 Å². The van der Waals surface area contributed by atoms with Gasteiger partial charge in [0.15, 0.2) is 5.96 Å². The highest BCUT2D eigenvalue weighted by Crippen LogP contribution is 2.34. The first kappa shape index (κ1) is 25.2. The van der Waals surface area contributed by atoms with Crippen LogP contribution in [0.15, 0.2) is 29.3 Å². The van der Waals surface area contributed by atoms with Crippen molar-refractivity contribution in [1.82, 2.24) is 10.2 Å². The average molecular weight is 529 g/mol. The number of alkyl halides is 2. The summed E-state index contributed by atoms with van der Waals surface area (Å²) >= 11 is 1.98. The van der Waals surface area contributed by atoms with Crippen molar-refractivity contribution in [3.05, 3.63) is 29.8 Å². The molecule has 0 radical (unpaired) electrons. The minimum atomic E-state index is -2.81. The Labute approximate surface area is 187 Å². The van der Waals surface area contributed by atoms with E-state index in [0.29, 0.717) is 6.54 Å². The van der Waals surface area contributed by atoms with Crippen LogP contribution in [0.2, 0.25) is 0 Å². The number of nitrogens with zero attached hydrogens (tertiary/aromatic N) is 2. The van der Waals surface area contributed by atoms with E-state index in [0.717, 1.165) is 49.9 Å². The van der Waals surface area contributed by atoms with Gasteiger partial charge in [0.2, 0.25) is 0 Å². The summed E-state index contributed by atoms with van der Waals surface area (Å²) in [6, 6.07) is 6.68. The number of ether oxygens (including phenoxy) is 2. The molecular weight excluding hydrogens is 499 g/mol. The summed E-state index contributed by atoms with van der Waals surface area (Å²) in [5.41, 5.74) is 0.991.